The van der Waals surface area contributed by atoms with Crippen molar-refractivity contribution in [3.63, 3.8) is 0 Å². The van der Waals surface area contributed by atoms with Gasteiger partial charge in [-0.25, -0.2) is 9.97 Å². The Bertz CT molecular complexity index is 971. The van der Waals surface area contributed by atoms with Crippen molar-refractivity contribution in [3.8, 4) is 6.07 Å². The first-order valence-corrected chi connectivity index (χ1v) is 11.3. The molecule has 1 aliphatic carbocycles. The number of anilines is 1. The zero-order valence-corrected chi connectivity index (χ0v) is 18.4. The minimum absolute atomic E-state index is 0.0525. The molecule has 3 N–H and O–H groups in total. The second-order valence-corrected chi connectivity index (χ2v) is 8.20. The molecule has 11 heteroatoms. The molecule has 1 aromatic heterocycles. The maximum absolute atomic E-state index is 13.2. The Balaban J connectivity index is 1.77. The fourth-order valence-electron chi connectivity index (χ4n) is 3.62. The first kappa shape index (κ1) is 23.8. The van der Waals surface area contributed by atoms with Crippen LogP contribution in [0.3, 0.4) is 0 Å². The lowest BCUT2D eigenvalue weighted by molar-refractivity contribution is -0.0856. The molecule has 0 aromatic carbocycles. The average molecular weight is 464 g/mol. The Labute approximate surface area is 189 Å². The summed E-state index contributed by atoms with van der Waals surface area (Å²) in [7, 11) is 0. The number of aromatic nitrogens is 2. The number of hydrogen-bond acceptors (Lipinski definition) is 8. The number of nitrogens with zero attached hydrogens (tertiary/aromatic N) is 4. The highest BCUT2D eigenvalue weighted by Crippen LogP contribution is 2.31. The molecule has 7 nitrogen and oxygen atoms in total. The van der Waals surface area contributed by atoms with E-state index < -0.39 is 11.7 Å². The lowest BCUT2D eigenvalue weighted by Gasteiger charge is -2.28. The Morgan fingerprint density at radius 1 is 1.31 bits per heavy atom. The Morgan fingerprint density at radius 2 is 2.06 bits per heavy atom. The van der Waals surface area contributed by atoms with Gasteiger partial charge in [0.05, 0.1) is 29.2 Å². The molecule has 2 heterocycles. The van der Waals surface area contributed by atoms with Gasteiger partial charge in [0.15, 0.2) is 0 Å². The molecule has 1 saturated carbocycles. The number of alkyl halides is 3. The minimum Gasteiger partial charge on any atom is -0.354 e. The zero-order chi connectivity index (χ0) is 23.1. The van der Waals surface area contributed by atoms with Gasteiger partial charge in [-0.2, -0.15) is 23.5 Å². The normalized spacial score (nSPS) is 24.2. The third-order valence-corrected chi connectivity index (χ3v) is 5.90. The smallest absolute Gasteiger partial charge is 0.354 e. The summed E-state index contributed by atoms with van der Waals surface area (Å²) in [6.07, 6.45) is 6.07. The van der Waals surface area contributed by atoms with Crippen molar-refractivity contribution < 1.29 is 13.2 Å². The summed E-state index contributed by atoms with van der Waals surface area (Å²) < 4.78 is 42.9. The number of hydrazone groups is 1. The number of nitriles is 1. The monoisotopic (exact) mass is 463 g/mol. The number of hydrogen-bond donors (Lipinski definition) is 3. The second-order valence-electron chi connectivity index (χ2n) is 7.56. The van der Waals surface area contributed by atoms with Crippen molar-refractivity contribution in [3.05, 3.63) is 47.5 Å². The lowest BCUT2D eigenvalue weighted by Crippen LogP contribution is -2.31. The highest BCUT2D eigenvalue weighted by Gasteiger charge is 2.33. The molecule has 1 aliphatic heterocycles. The van der Waals surface area contributed by atoms with Crippen LogP contribution in [-0.2, 0) is 0 Å². The van der Waals surface area contributed by atoms with Gasteiger partial charge in [-0.15, -0.1) is 0 Å². The molecular weight excluding hydrogens is 439 g/mol. The van der Waals surface area contributed by atoms with Gasteiger partial charge in [-0.3, -0.25) is 10.1 Å². The molecule has 1 fully saturated rings. The van der Waals surface area contributed by atoms with Gasteiger partial charge in [-0.1, -0.05) is 18.5 Å². The molecule has 0 atom stereocenters. The van der Waals surface area contributed by atoms with E-state index in [2.05, 4.69) is 37.1 Å². The fraction of sp³-hybridized carbons (Fsp3) is 0.429. The first-order valence-electron chi connectivity index (χ1n) is 10.1. The van der Waals surface area contributed by atoms with E-state index in [9.17, 15) is 18.4 Å². The van der Waals surface area contributed by atoms with Crippen LogP contribution in [0.5, 0.6) is 0 Å². The van der Waals surface area contributed by atoms with E-state index in [4.69, 9.17) is 0 Å². The van der Waals surface area contributed by atoms with Crippen LogP contribution in [0.2, 0.25) is 0 Å². The SMILES string of the molecule is C=C1/C=C(C(F)(F)F)\C=N/NC=C1c1nc(NCC2CCC(NSC)CC2)ncc1C#N. The predicted molar refractivity (Wildman–Crippen MR) is 121 cm³/mol. The first-order chi connectivity index (χ1) is 15.3. The van der Waals surface area contributed by atoms with Crippen molar-refractivity contribution in [2.45, 2.75) is 37.9 Å². The van der Waals surface area contributed by atoms with Crippen molar-refractivity contribution in [1.82, 2.24) is 20.1 Å². The molecule has 0 bridgehead atoms. The van der Waals surface area contributed by atoms with Crippen molar-refractivity contribution in [2.24, 2.45) is 11.0 Å². The van der Waals surface area contributed by atoms with Crippen LogP contribution in [0.25, 0.3) is 5.57 Å². The summed E-state index contributed by atoms with van der Waals surface area (Å²) in [5.74, 6) is 0.782. The van der Waals surface area contributed by atoms with Crippen LogP contribution >= 0.6 is 11.9 Å². The number of halogens is 3. The maximum Gasteiger partial charge on any atom is 0.417 e. The van der Waals surface area contributed by atoms with Crippen LogP contribution < -0.4 is 15.5 Å². The highest BCUT2D eigenvalue weighted by atomic mass is 32.2. The van der Waals surface area contributed by atoms with Gasteiger partial charge >= 0.3 is 6.18 Å². The number of nitrogens with one attached hydrogen (secondary N) is 3. The summed E-state index contributed by atoms with van der Waals surface area (Å²) in [6.45, 7) is 4.42. The van der Waals surface area contributed by atoms with Crippen LogP contribution in [0.1, 0.15) is 36.9 Å². The van der Waals surface area contributed by atoms with E-state index in [0.717, 1.165) is 31.8 Å². The summed E-state index contributed by atoms with van der Waals surface area (Å²) in [5.41, 5.74) is 2.08. The van der Waals surface area contributed by atoms with E-state index in [1.165, 1.54) is 12.4 Å². The molecule has 0 radical (unpaired) electrons. The minimum atomic E-state index is -4.59. The quantitative estimate of drug-likeness (QED) is 0.545. The van der Waals surface area contributed by atoms with Gasteiger partial charge < -0.3 is 5.32 Å². The maximum atomic E-state index is 13.2. The third kappa shape index (κ3) is 6.11. The summed E-state index contributed by atoms with van der Waals surface area (Å²) in [5, 5.41) is 16.2. The van der Waals surface area contributed by atoms with Crippen LogP contribution in [0, 0.1) is 17.2 Å². The molecule has 3 rings (SSSR count). The van der Waals surface area contributed by atoms with E-state index in [0.29, 0.717) is 30.7 Å². The molecule has 0 unspecified atom stereocenters. The molecule has 0 amide bonds. The average Bonchev–Trinajstić information content (AvgIpc) is 2.75. The molecular formula is C21H24F3N7S. The molecule has 2 aliphatic rings. The lowest BCUT2D eigenvalue weighted by atomic mass is 9.86. The molecule has 170 valence electrons. The Hall–Kier alpha value is -2.84. The summed E-state index contributed by atoms with van der Waals surface area (Å²) in [6, 6.07) is 2.52. The molecule has 0 spiro atoms. The van der Waals surface area contributed by atoms with Crippen LogP contribution in [-0.4, -0.2) is 41.2 Å². The second kappa shape index (κ2) is 10.7. The largest absolute Gasteiger partial charge is 0.417 e. The zero-order valence-electron chi connectivity index (χ0n) is 17.5. The van der Waals surface area contributed by atoms with Gasteiger partial charge in [0.25, 0.3) is 0 Å². The van der Waals surface area contributed by atoms with Crippen LogP contribution in [0.4, 0.5) is 19.1 Å². The van der Waals surface area contributed by atoms with Gasteiger partial charge in [0, 0.05) is 24.4 Å². The summed E-state index contributed by atoms with van der Waals surface area (Å²) >= 11 is 1.64. The predicted octanol–water partition coefficient (Wildman–Crippen LogP) is 4.16. The summed E-state index contributed by atoms with van der Waals surface area (Å²) in [4.78, 5) is 8.61. The molecule has 1 aromatic rings. The Kier molecular flexibility index (Phi) is 7.93. The van der Waals surface area contributed by atoms with Crippen molar-refractivity contribution in [1.29, 1.82) is 5.26 Å². The topological polar surface area (TPSA) is 98.0 Å². The van der Waals surface area contributed by atoms with E-state index in [-0.39, 0.29) is 22.4 Å². The third-order valence-electron chi connectivity index (χ3n) is 5.33. The standard InChI is InChI=1S/C21H24F3N7S/c1-13-7-16(21(22,23)24)11-28-29-12-18(13)19-15(8-25)10-27-20(30-19)26-9-14-3-5-17(6-4-14)31-32-2/h7,10-12,14,17,29,31H,1,3-6,9H2,2H3,(H,26,27,30)/b16-7+,18-12?,28-11-. The molecule has 32 heavy (non-hydrogen) atoms. The van der Waals surface area contributed by atoms with Crippen molar-refractivity contribution >= 4 is 29.7 Å². The van der Waals surface area contributed by atoms with Crippen LogP contribution in [0.15, 0.2) is 41.3 Å². The number of allylic oxidation sites excluding steroid dienone is 4. The van der Waals surface area contributed by atoms with Gasteiger partial charge in [-0.05, 0) is 49.5 Å². The van der Waals surface area contributed by atoms with E-state index in [1.807, 2.05) is 12.3 Å². The van der Waals surface area contributed by atoms with Crippen molar-refractivity contribution in [2.75, 3.05) is 18.1 Å². The van der Waals surface area contributed by atoms with E-state index in [1.54, 1.807) is 11.9 Å². The Morgan fingerprint density at radius 3 is 2.72 bits per heavy atom. The molecule has 0 saturated heterocycles. The highest BCUT2D eigenvalue weighted by molar-refractivity contribution is 7.96. The van der Waals surface area contributed by atoms with E-state index >= 15 is 0 Å². The van der Waals surface area contributed by atoms with Gasteiger partial charge in [0.2, 0.25) is 5.95 Å². The fourth-order valence-corrected chi connectivity index (χ4v) is 4.19. The van der Waals surface area contributed by atoms with Gasteiger partial charge in [0.1, 0.15) is 6.07 Å². The number of rotatable bonds is 6.